The lowest BCUT2D eigenvalue weighted by atomic mass is 9.77. The monoisotopic (exact) mass is 288 g/mol. The summed E-state index contributed by atoms with van der Waals surface area (Å²) in [7, 11) is 0. The van der Waals surface area contributed by atoms with Gasteiger partial charge in [0.05, 0.1) is 0 Å². The number of hydrogen-bond donors (Lipinski definition) is 2. The van der Waals surface area contributed by atoms with Crippen molar-refractivity contribution in [3.63, 3.8) is 0 Å². The van der Waals surface area contributed by atoms with Crippen LogP contribution in [0.5, 0.6) is 0 Å². The first-order valence-electron chi connectivity index (χ1n) is 7.58. The molecule has 0 atom stereocenters. The topological polar surface area (TPSA) is 41.1 Å². The summed E-state index contributed by atoms with van der Waals surface area (Å²) in [5.41, 5.74) is 0.263. The molecule has 112 valence electrons. The molecular weight excluding hydrogens is 260 g/mol. The Morgan fingerprint density at radius 3 is 2.32 bits per heavy atom. The molecule has 0 radical (unpaired) electrons. The summed E-state index contributed by atoms with van der Waals surface area (Å²) in [6.45, 7) is 7.45. The molecule has 2 fully saturated rings. The lowest BCUT2D eigenvalue weighted by Crippen LogP contribution is -2.43. The van der Waals surface area contributed by atoms with Gasteiger partial charge in [-0.15, -0.1) is 12.4 Å². The van der Waals surface area contributed by atoms with Crippen LogP contribution in [0.1, 0.15) is 52.4 Å². The maximum Gasteiger partial charge on any atom is 0.223 e. The third-order valence-corrected chi connectivity index (χ3v) is 4.89. The third-order valence-electron chi connectivity index (χ3n) is 4.89. The molecule has 1 saturated carbocycles. The summed E-state index contributed by atoms with van der Waals surface area (Å²) in [4.78, 5) is 12.1. The van der Waals surface area contributed by atoms with Crippen LogP contribution in [0.25, 0.3) is 0 Å². The zero-order valence-corrected chi connectivity index (χ0v) is 13.2. The molecule has 1 heterocycles. The number of carbonyl (C=O) groups excluding carboxylic acids is 1. The molecule has 1 aliphatic carbocycles. The van der Waals surface area contributed by atoms with Crippen molar-refractivity contribution in [2.45, 2.75) is 52.4 Å². The highest BCUT2D eigenvalue weighted by Crippen LogP contribution is 2.39. The van der Waals surface area contributed by atoms with Gasteiger partial charge in [0.25, 0.3) is 0 Å². The van der Waals surface area contributed by atoms with Crippen LogP contribution in [0.3, 0.4) is 0 Å². The van der Waals surface area contributed by atoms with E-state index >= 15 is 0 Å². The Labute approximate surface area is 123 Å². The van der Waals surface area contributed by atoms with Crippen LogP contribution in [0.2, 0.25) is 0 Å². The summed E-state index contributed by atoms with van der Waals surface area (Å²) >= 11 is 0. The van der Waals surface area contributed by atoms with Crippen LogP contribution in [-0.2, 0) is 4.79 Å². The Kier molecular flexibility index (Phi) is 6.61. The smallest absolute Gasteiger partial charge is 0.223 e. The van der Waals surface area contributed by atoms with Gasteiger partial charge in [-0.2, -0.15) is 0 Å². The molecule has 2 aliphatic rings. The highest BCUT2D eigenvalue weighted by atomic mass is 35.5. The number of amides is 1. The van der Waals surface area contributed by atoms with E-state index in [4.69, 9.17) is 0 Å². The Hall–Kier alpha value is -0.280. The highest BCUT2D eigenvalue weighted by Gasteiger charge is 2.32. The first-order valence-corrected chi connectivity index (χ1v) is 7.58. The lowest BCUT2D eigenvalue weighted by molar-refractivity contribution is -0.126. The standard InChI is InChI=1S/C15H28N2O.ClH/c1-15(2,13-5-3-4-6-13)11-17-14(18)12-7-9-16-10-8-12;/h12-13,16H,3-11H2,1-2H3,(H,17,18);1H. The van der Waals surface area contributed by atoms with Crippen molar-refractivity contribution in [2.24, 2.45) is 17.3 Å². The second-order valence-electron chi connectivity index (χ2n) is 6.71. The van der Waals surface area contributed by atoms with Crippen molar-refractivity contribution in [1.29, 1.82) is 0 Å². The summed E-state index contributed by atoms with van der Waals surface area (Å²) in [5, 5.41) is 6.51. The number of carbonyl (C=O) groups is 1. The van der Waals surface area contributed by atoms with Crippen LogP contribution in [-0.4, -0.2) is 25.5 Å². The van der Waals surface area contributed by atoms with Crippen molar-refractivity contribution in [1.82, 2.24) is 10.6 Å². The van der Waals surface area contributed by atoms with Gasteiger partial charge in [-0.3, -0.25) is 4.79 Å². The van der Waals surface area contributed by atoms with Crippen LogP contribution in [0.4, 0.5) is 0 Å². The van der Waals surface area contributed by atoms with Gasteiger partial charge in [0.2, 0.25) is 5.91 Å². The van der Waals surface area contributed by atoms with E-state index in [0.717, 1.165) is 38.4 Å². The quantitative estimate of drug-likeness (QED) is 0.835. The molecule has 0 aromatic heterocycles. The molecule has 1 amide bonds. The lowest BCUT2D eigenvalue weighted by Gasteiger charge is -2.33. The largest absolute Gasteiger partial charge is 0.355 e. The molecule has 1 aliphatic heterocycles. The van der Waals surface area contributed by atoms with Gasteiger partial charge in [-0.05, 0) is 50.1 Å². The average Bonchev–Trinajstić information content (AvgIpc) is 2.92. The van der Waals surface area contributed by atoms with Crippen molar-refractivity contribution < 1.29 is 4.79 Å². The molecular formula is C15H29ClN2O. The van der Waals surface area contributed by atoms with Gasteiger partial charge >= 0.3 is 0 Å². The minimum absolute atomic E-state index is 0. The van der Waals surface area contributed by atoms with E-state index < -0.39 is 0 Å². The van der Waals surface area contributed by atoms with Gasteiger partial charge in [-0.1, -0.05) is 26.7 Å². The van der Waals surface area contributed by atoms with Crippen LogP contribution >= 0.6 is 12.4 Å². The fraction of sp³-hybridized carbons (Fsp3) is 0.933. The predicted molar refractivity (Wildman–Crippen MR) is 81.6 cm³/mol. The minimum atomic E-state index is 0. The molecule has 19 heavy (non-hydrogen) atoms. The zero-order chi connectivity index (χ0) is 13.0. The van der Waals surface area contributed by atoms with E-state index in [0.29, 0.717) is 0 Å². The highest BCUT2D eigenvalue weighted by molar-refractivity contribution is 5.85. The van der Waals surface area contributed by atoms with Gasteiger partial charge in [0.1, 0.15) is 0 Å². The zero-order valence-electron chi connectivity index (χ0n) is 12.3. The molecule has 0 unspecified atom stereocenters. The Balaban J connectivity index is 0.00000180. The van der Waals surface area contributed by atoms with Crippen LogP contribution in [0.15, 0.2) is 0 Å². The average molecular weight is 289 g/mol. The van der Waals surface area contributed by atoms with E-state index in [2.05, 4.69) is 24.5 Å². The molecule has 2 rings (SSSR count). The molecule has 0 spiro atoms. The molecule has 0 bridgehead atoms. The number of halogens is 1. The van der Waals surface area contributed by atoms with Gasteiger partial charge in [-0.25, -0.2) is 0 Å². The molecule has 4 heteroatoms. The molecule has 2 N–H and O–H groups in total. The van der Waals surface area contributed by atoms with E-state index in [1.54, 1.807) is 0 Å². The molecule has 0 aromatic carbocycles. The van der Waals surface area contributed by atoms with Crippen LogP contribution in [0, 0.1) is 17.3 Å². The second-order valence-corrected chi connectivity index (χ2v) is 6.71. The van der Waals surface area contributed by atoms with Crippen molar-refractivity contribution in [3.05, 3.63) is 0 Å². The van der Waals surface area contributed by atoms with Gasteiger partial charge in [0, 0.05) is 12.5 Å². The maximum atomic E-state index is 12.1. The van der Waals surface area contributed by atoms with Crippen molar-refractivity contribution in [2.75, 3.05) is 19.6 Å². The van der Waals surface area contributed by atoms with Crippen LogP contribution < -0.4 is 10.6 Å². The van der Waals surface area contributed by atoms with Gasteiger partial charge in [0.15, 0.2) is 0 Å². The summed E-state index contributed by atoms with van der Waals surface area (Å²) < 4.78 is 0. The maximum absolute atomic E-state index is 12.1. The fourth-order valence-corrected chi connectivity index (χ4v) is 3.39. The van der Waals surface area contributed by atoms with Gasteiger partial charge < -0.3 is 10.6 Å². The predicted octanol–water partition coefficient (Wildman–Crippen LogP) is 2.74. The Morgan fingerprint density at radius 1 is 1.16 bits per heavy atom. The molecule has 0 aromatic rings. The number of hydrogen-bond acceptors (Lipinski definition) is 2. The summed E-state index contributed by atoms with van der Waals surface area (Å²) in [6.07, 6.45) is 7.42. The Bertz CT molecular complexity index is 282. The Morgan fingerprint density at radius 2 is 1.74 bits per heavy atom. The van der Waals surface area contributed by atoms with E-state index in [9.17, 15) is 4.79 Å². The number of piperidine rings is 1. The summed E-state index contributed by atoms with van der Waals surface area (Å²) in [6, 6.07) is 0. The number of nitrogens with one attached hydrogen (secondary N) is 2. The fourth-order valence-electron chi connectivity index (χ4n) is 3.39. The van der Waals surface area contributed by atoms with E-state index in [1.807, 2.05) is 0 Å². The first-order chi connectivity index (χ1) is 8.59. The van der Waals surface area contributed by atoms with Crippen molar-refractivity contribution >= 4 is 18.3 Å². The van der Waals surface area contributed by atoms with E-state index in [1.165, 1.54) is 25.7 Å². The normalized spacial score (nSPS) is 22.0. The first kappa shape index (κ1) is 16.8. The third kappa shape index (κ3) is 4.64. The summed E-state index contributed by atoms with van der Waals surface area (Å²) in [5.74, 6) is 1.32. The molecule has 3 nitrogen and oxygen atoms in total. The number of rotatable bonds is 4. The second kappa shape index (κ2) is 7.49. The van der Waals surface area contributed by atoms with E-state index in [-0.39, 0.29) is 29.6 Å². The molecule has 1 saturated heterocycles. The SMILES string of the molecule is CC(C)(CNC(=O)C1CCNCC1)C1CCCC1.Cl. The minimum Gasteiger partial charge on any atom is -0.355 e. The van der Waals surface area contributed by atoms with Crippen molar-refractivity contribution in [3.8, 4) is 0 Å².